The lowest BCUT2D eigenvalue weighted by atomic mass is 10.0. The average molecular weight is 418 g/mol. The normalized spacial score (nSPS) is 13.8. The number of hydrogen-bond donors (Lipinski definition) is 3. The molecule has 3 aromatic rings. The monoisotopic (exact) mass is 418 g/mol. The molecule has 29 heavy (non-hydrogen) atoms. The highest BCUT2D eigenvalue weighted by molar-refractivity contribution is 7.46. The van der Waals surface area contributed by atoms with Gasteiger partial charge in [0.1, 0.15) is 16.9 Å². The number of carbonyl (C=O) groups excluding carboxylic acids is 2. The Labute approximate surface area is 162 Å². The first-order chi connectivity index (χ1) is 13.7. The van der Waals surface area contributed by atoms with Gasteiger partial charge in [0.2, 0.25) is 0 Å². The van der Waals surface area contributed by atoms with Gasteiger partial charge in [-0.2, -0.15) is 0 Å². The van der Waals surface area contributed by atoms with Gasteiger partial charge in [-0.05, 0) is 29.8 Å². The highest BCUT2D eigenvalue weighted by atomic mass is 31.2. The smallest absolute Gasteiger partial charge is 0.505 e. The van der Waals surface area contributed by atoms with Gasteiger partial charge in [0.15, 0.2) is 11.5 Å². The van der Waals surface area contributed by atoms with Crippen molar-refractivity contribution >= 4 is 30.5 Å². The summed E-state index contributed by atoms with van der Waals surface area (Å²) in [6, 6.07) is 7.83. The molecule has 0 aliphatic carbocycles. The van der Waals surface area contributed by atoms with Crippen molar-refractivity contribution in [1.82, 2.24) is 9.88 Å². The summed E-state index contributed by atoms with van der Waals surface area (Å²) in [5.74, 6) is -3.46. The van der Waals surface area contributed by atoms with E-state index >= 15 is 0 Å². The molecule has 0 spiro atoms. The quantitative estimate of drug-likeness (QED) is 0.434. The van der Waals surface area contributed by atoms with Crippen LogP contribution in [0.5, 0.6) is 11.5 Å². The second kappa shape index (κ2) is 6.63. The Morgan fingerprint density at radius 1 is 1.07 bits per heavy atom. The van der Waals surface area contributed by atoms with Crippen LogP contribution in [0.3, 0.4) is 0 Å². The second-order valence-corrected chi connectivity index (χ2v) is 7.40. The third kappa shape index (κ3) is 3.23. The molecule has 1 aliphatic rings. The van der Waals surface area contributed by atoms with Crippen LogP contribution in [0.15, 0.2) is 42.6 Å². The van der Waals surface area contributed by atoms with Crippen LogP contribution in [-0.2, 0) is 11.1 Å². The molecule has 0 unspecified atom stereocenters. The predicted molar refractivity (Wildman–Crippen MR) is 96.7 cm³/mol. The molecule has 0 bridgehead atoms. The van der Waals surface area contributed by atoms with Crippen LogP contribution in [-0.4, -0.2) is 36.6 Å². The van der Waals surface area contributed by atoms with Crippen molar-refractivity contribution in [3.8, 4) is 11.5 Å². The molecule has 9 nitrogen and oxygen atoms in total. The SMILES string of the molecule is O=C1c2c(c(O)c3ncccc3c2OP(=O)(O)O)C(=O)N1Cc1ccc(F)cc1. The van der Waals surface area contributed by atoms with E-state index in [4.69, 9.17) is 4.52 Å². The number of benzene rings is 2. The molecule has 2 amide bonds. The van der Waals surface area contributed by atoms with Crippen molar-refractivity contribution < 1.29 is 38.0 Å². The fourth-order valence-corrected chi connectivity index (χ4v) is 3.59. The number of imide groups is 1. The molecule has 0 saturated carbocycles. The van der Waals surface area contributed by atoms with Crippen molar-refractivity contribution in [3.05, 3.63) is 65.1 Å². The van der Waals surface area contributed by atoms with E-state index in [9.17, 15) is 33.4 Å². The number of fused-ring (bicyclic) bond motifs is 2. The minimum atomic E-state index is -5.11. The lowest BCUT2D eigenvalue weighted by Gasteiger charge is -2.14. The second-order valence-electron chi connectivity index (χ2n) is 6.23. The summed E-state index contributed by atoms with van der Waals surface area (Å²) in [6.07, 6.45) is 1.30. The number of aromatic nitrogens is 1. The van der Waals surface area contributed by atoms with Crippen molar-refractivity contribution in [2.75, 3.05) is 0 Å². The summed E-state index contributed by atoms with van der Waals surface area (Å²) < 4.78 is 29.3. The molecule has 2 heterocycles. The molecule has 148 valence electrons. The number of nitrogens with zero attached hydrogens (tertiary/aromatic N) is 2. The first kappa shape index (κ1) is 19.0. The van der Waals surface area contributed by atoms with Gasteiger partial charge in [-0.3, -0.25) is 29.3 Å². The first-order valence-corrected chi connectivity index (χ1v) is 9.70. The lowest BCUT2D eigenvalue weighted by molar-refractivity contribution is 0.0641. The number of amides is 2. The maximum atomic E-state index is 13.1. The third-order valence-electron chi connectivity index (χ3n) is 4.37. The molecule has 11 heteroatoms. The zero-order valence-corrected chi connectivity index (χ0v) is 15.3. The molecule has 0 saturated heterocycles. The van der Waals surface area contributed by atoms with E-state index in [1.807, 2.05) is 0 Å². The van der Waals surface area contributed by atoms with Crippen LogP contribution >= 0.6 is 7.82 Å². The van der Waals surface area contributed by atoms with E-state index in [1.165, 1.54) is 30.5 Å². The van der Waals surface area contributed by atoms with Crippen LogP contribution in [0.4, 0.5) is 4.39 Å². The minimum absolute atomic E-state index is 0.0446. The number of halogens is 1. The van der Waals surface area contributed by atoms with Gasteiger partial charge >= 0.3 is 7.82 Å². The maximum Gasteiger partial charge on any atom is 0.524 e. The molecule has 2 aromatic carbocycles. The van der Waals surface area contributed by atoms with E-state index in [1.54, 1.807) is 0 Å². The van der Waals surface area contributed by atoms with Gasteiger partial charge in [0, 0.05) is 11.6 Å². The van der Waals surface area contributed by atoms with Crippen LogP contribution in [0, 0.1) is 5.82 Å². The molecule has 4 rings (SSSR count). The molecule has 3 N–H and O–H groups in total. The molecular weight excluding hydrogens is 406 g/mol. The van der Waals surface area contributed by atoms with Crippen LogP contribution < -0.4 is 4.52 Å². The number of phenolic OH excluding ortho intramolecular Hbond substituents is 1. The van der Waals surface area contributed by atoms with Gasteiger partial charge in [-0.25, -0.2) is 8.96 Å². The molecule has 1 aromatic heterocycles. The largest absolute Gasteiger partial charge is 0.524 e. The number of aromatic hydroxyl groups is 1. The fourth-order valence-electron chi connectivity index (χ4n) is 3.17. The van der Waals surface area contributed by atoms with E-state index in [-0.39, 0.29) is 17.4 Å². The van der Waals surface area contributed by atoms with Crippen molar-refractivity contribution in [1.29, 1.82) is 0 Å². The Bertz CT molecular complexity index is 1220. The molecule has 1 aliphatic heterocycles. The van der Waals surface area contributed by atoms with Crippen LogP contribution in [0.25, 0.3) is 10.9 Å². The standard InChI is InChI=1S/C18H12FN2O7P/c19-10-5-3-9(4-6-10)8-21-17(23)12-13(18(21)24)16(28-29(25,26)27)11-2-1-7-20-14(11)15(12)22/h1-7,22H,8H2,(H2,25,26,27). The average Bonchev–Trinajstić information content (AvgIpc) is 2.91. The highest BCUT2D eigenvalue weighted by Gasteiger charge is 2.43. The van der Waals surface area contributed by atoms with Gasteiger partial charge in [0.25, 0.3) is 11.8 Å². The topological polar surface area (TPSA) is 137 Å². The number of hydrogen-bond acceptors (Lipinski definition) is 6. The Hall–Kier alpha value is -3.33. The third-order valence-corrected chi connectivity index (χ3v) is 4.79. The Morgan fingerprint density at radius 3 is 2.38 bits per heavy atom. The van der Waals surface area contributed by atoms with E-state index in [0.717, 1.165) is 17.0 Å². The Balaban J connectivity index is 1.90. The van der Waals surface area contributed by atoms with Gasteiger partial charge in [-0.15, -0.1) is 0 Å². The number of phosphoric ester groups is 1. The van der Waals surface area contributed by atoms with Gasteiger partial charge < -0.3 is 9.63 Å². The highest BCUT2D eigenvalue weighted by Crippen LogP contribution is 2.49. The number of carbonyl (C=O) groups is 2. The summed E-state index contributed by atoms with van der Waals surface area (Å²) in [5, 5.41) is 10.5. The molecule has 0 atom stereocenters. The molecule has 0 fully saturated rings. The summed E-state index contributed by atoms with van der Waals surface area (Å²) >= 11 is 0. The summed E-state index contributed by atoms with van der Waals surface area (Å²) in [5.41, 5.74) is -0.662. The first-order valence-electron chi connectivity index (χ1n) is 8.17. The molecular formula is C18H12FN2O7P. The number of pyridine rings is 1. The zero-order chi connectivity index (χ0) is 20.9. The van der Waals surface area contributed by atoms with Crippen molar-refractivity contribution in [3.63, 3.8) is 0 Å². The van der Waals surface area contributed by atoms with E-state index < -0.39 is 48.1 Å². The van der Waals surface area contributed by atoms with E-state index in [2.05, 4.69) is 4.98 Å². The van der Waals surface area contributed by atoms with Gasteiger partial charge in [0.05, 0.1) is 12.1 Å². The molecule has 0 radical (unpaired) electrons. The Morgan fingerprint density at radius 2 is 1.72 bits per heavy atom. The number of phosphoric acid groups is 1. The van der Waals surface area contributed by atoms with Crippen LogP contribution in [0.2, 0.25) is 0 Å². The predicted octanol–water partition coefficient (Wildman–Crippen LogP) is 2.35. The van der Waals surface area contributed by atoms with E-state index in [0.29, 0.717) is 5.56 Å². The zero-order valence-electron chi connectivity index (χ0n) is 14.4. The van der Waals surface area contributed by atoms with Crippen LogP contribution in [0.1, 0.15) is 26.3 Å². The number of rotatable bonds is 4. The Kier molecular flexibility index (Phi) is 4.34. The number of phenols is 1. The fraction of sp³-hybridized carbons (Fsp3) is 0.0556. The van der Waals surface area contributed by atoms with Crippen molar-refractivity contribution in [2.45, 2.75) is 6.54 Å². The van der Waals surface area contributed by atoms with Crippen molar-refractivity contribution in [2.24, 2.45) is 0 Å². The summed E-state index contributed by atoms with van der Waals surface area (Å²) in [4.78, 5) is 49.0. The summed E-state index contributed by atoms with van der Waals surface area (Å²) in [7, 11) is -5.11. The minimum Gasteiger partial charge on any atom is -0.505 e. The lowest BCUT2D eigenvalue weighted by Crippen LogP contribution is -2.29. The maximum absolute atomic E-state index is 13.1. The van der Waals surface area contributed by atoms with Gasteiger partial charge in [-0.1, -0.05) is 12.1 Å². The summed E-state index contributed by atoms with van der Waals surface area (Å²) in [6.45, 7) is -0.245.